The molecule has 1 aromatic heterocycles. The first kappa shape index (κ1) is 19.2. The minimum absolute atomic E-state index is 0.0487. The van der Waals surface area contributed by atoms with Crippen LogP contribution in [0.25, 0.3) is 11.4 Å². The summed E-state index contributed by atoms with van der Waals surface area (Å²) in [4.78, 5) is 12.5. The van der Waals surface area contributed by atoms with Crippen molar-refractivity contribution >= 4 is 17.5 Å². The number of benzene rings is 2. The average molecular weight is 382 g/mol. The Morgan fingerprint density at radius 2 is 1.74 bits per heavy atom. The third-order valence-electron chi connectivity index (χ3n) is 4.39. The number of phenolic OH excluding ortho intramolecular Hbond substituents is 1. The van der Waals surface area contributed by atoms with Gasteiger partial charge in [0.05, 0.1) is 11.3 Å². The predicted molar refractivity (Wildman–Crippen MR) is 108 cm³/mol. The number of carbonyl (C=O) groups is 1. The number of phenols is 1. The molecule has 0 aliphatic carbocycles. The van der Waals surface area contributed by atoms with Gasteiger partial charge in [0.1, 0.15) is 5.75 Å². The Morgan fingerprint density at radius 3 is 2.37 bits per heavy atom. The van der Waals surface area contributed by atoms with Crippen molar-refractivity contribution in [1.82, 2.24) is 14.8 Å². The zero-order chi connectivity index (χ0) is 19.6. The molecule has 0 unspecified atom stereocenters. The fourth-order valence-electron chi connectivity index (χ4n) is 2.71. The quantitative estimate of drug-likeness (QED) is 0.522. The van der Waals surface area contributed by atoms with Crippen LogP contribution in [0.1, 0.15) is 36.7 Å². The number of thioether (sulfide) groups is 1. The van der Waals surface area contributed by atoms with E-state index in [0.717, 1.165) is 0 Å². The second kappa shape index (κ2) is 7.56. The standard InChI is InChI=1S/C21H23N3O2S/c1-21(2,3)15-11-9-14(10-12-15)18(26)13-27-20-23-22-19(24(20)4)16-7-5-6-8-17(16)25/h5-12,25H,13H2,1-4H3. The number of nitrogens with zero attached hydrogens (tertiary/aromatic N) is 3. The lowest BCUT2D eigenvalue weighted by molar-refractivity contribution is 0.102. The minimum Gasteiger partial charge on any atom is -0.507 e. The molecule has 0 aliphatic rings. The molecule has 0 saturated heterocycles. The van der Waals surface area contributed by atoms with Crippen molar-refractivity contribution in [2.24, 2.45) is 7.05 Å². The van der Waals surface area contributed by atoms with E-state index >= 15 is 0 Å². The predicted octanol–water partition coefficient (Wildman–Crippen LogP) is 4.46. The monoisotopic (exact) mass is 381 g/mol. The highest BCUT2D eigenvalue weighted by Crippen LogP contribution is 2.29. The maximum Gasteiger partial charge on any atom is 0.191 e. The van der Waals surface area contributed by atoms with E-state index in [0.29, 0.717) is 22.1 Å². The Kier molecular flexibility index (Phi) is 5.37. The molecule has 6 heteroatoms. The van der Waals surface area contributed by atoms with Gasteiger partial charge in [-0.15, -0.1) is 10.2 Å². The number of Topliss-reactive ketones (excluding diaryl/α,β-unsaturated/α-hetero) is 1. The summed E-state index contributed by atoms with van der Waals surface area (Å²) < 4.78 is 1.79. The van der Waals surface area contributed by atoms with Gasteiger partial charge in [0.25, 0.3) is 0 Å². The van der Waals surface area contributed by atoms with Crippen LogP contribution in [0.2, 0.25) is 0 Å². The van der Waals surface area contributed by atoms with Crippen molar-refractivity contribution in [3.63, 3.8) is 0 Å². The Morgan fingerprint density at radius 1 is 1.07 bits per heavy atom. The van der Waals surface area contributed by atoms with Crippen molar-refractivity contribution in [1.29, 1.82) is 0 Å². The van der Waals surface area contributed by atoms with Crippen molar-refractivity contribution in [3.05, 3.63) is 59.7 Å². The highest BCUT2D eigenvalue weighted by atomic mass is 32.2. The molecule has 140 valence electrons. The molecule has 0 atom stereocenters. The molecule has 3 aromatic rings. The molecular formula is C21H23N3O2S. The fourth-order valence-corrected chi connectivity index (χ4v) is 3.51. The zero-order valence-electron chi connectivity index (χ0n) is 15.9. The van der Waals surface area contributed by atoms with Crippen LogP contribution in [0.5, 0.6) is 5.75 Å². The molecule has 1 N–H and O–H groups in total. The highest BCUT2D eigenvalue weighted by molar-refractivity contribution is 7.99. The summed E-state index contributed by atoms with van der Waals surface area (Å²) in [6, 6.07) is 14.8. The van der Waals surface area contributed by atoms with E-state index < -0.39 is 0 Å². The molecule has 2 aromatic carbocycles. The van der Waals surface area contributed by atoms with Crippen LogP contribution in [-0.4, -0.2) is 31.4 Å². The Bertz CT molecular complexity index is 956. The smallest absolute Gasteiger partial charge is 0.191 e. The number of carbonyl (C=O) groups excluding carboxylic acids is 1. The maximum atomic E-state index is 12.5. The van der Waals surface area contributed by atoms with Crippen molar-refractivity contribution in [3.8, 4) is 17.1 Å². The lowest BCUT2D eigenvalue weighted by Crippen LogP contribution is -2.11. The zero-order valence-corrected chi connectivity index (χ0v) is 16.7. The first-order valence-corrected chi connectivity index (χ1v) is 9.70. The minimum atomic E-state index is 0.0487. The summed E-state index contributed by atoms with van der Waals surface area (Å²) in [5.74, 6) is 1.05. The molecule has 0 bridgehead atoms. The summed E-state index contributed by atoms with van der Waals surface area (Å²) in [5.41, 5.74) is 2.57. The second-order valence-electron chi connectivity index (χ2n) is 7.42. The molecule has 1 heterocycles. The van der Waals surface area contributed by atoms with Gasteiger partial charge < -0.3 is 9.67 Å². The lowest BCUT2D eigenvalue weighted by atomic mass is 9.86. The largest absolute Gasteiger partial charge is 0.507 e. The van der Waals surface area contributed by atoms with Crippen molar-refractivity contribution in [2.75, 3.05) is 5.75 Å². The number of rotatable bonds is 5. The molecular weight excluding hydrogens is 358 g/mol. The number of hydrogen-bond donors (Lipinski definition) is 1. The van der Waals surface area contributed by atoms with Gasteiger partial charge in [0.2, 0.25) is 0 Å². The summed E-state index contributed by atoms with van der Waals surface area (Å²) in [5, 5.41) is 18.9. The normalized spacial score (nSPS) is 11.6. The van der Waals surface area contributed by atoms with Crippen LogP contribution in [0, 0.1) is 0 Å². The van der Waals surface area contributed by atoms with E-state index in [1.807, 2.05) is 37.4 Å². The first-order chi connectivity index (χ1) is 12.8. The number of para-hydroxylation sites is 1. The molecule has 0 radical (unpaired) electrons. The van der Waals surface area contributed by atoms with Gasteiger partial charge in [0, 0.05) is 12.6 Å². The molecule has 0 amide bonds. The molecule has 0 spiro atoms. The second-order valence-corrected chi connectivity index (χ2v) is 8.36. The van der Waals surface area contributed by atoms with Gasteiger partial charge in [-0.3, -0.25) is 4.79 Å². The van der Waals surface area contributed by atoms with Gasteiger partial charge in [-0.05, 0) is 23.1 Å². The molecule has 0 fully saturated rings. The number of aromatic nitrogens is 3. The van der Waals surface area contributed by atoms with Crippen LogP contribution in [0.4, 0.5) is 0 Å². The Labute approximate surface area is 163 Å². The maximum absolute atomic E-state index is 12.5. The lowest BCUT2D eigenvalue weighted by Gasteiger charge is -2.18. The summed E-state index contributed by atoms with van der Waals surface area (Å²) in [7, 11) is 1.83. The SMILES string of the molecule is Cn1c(SCC(=O)c2ccc(C(C)(C)C)cc2)nnc1-c1ccccc1O. The summed E-state index contributed by atoms with van der Waals surface area (Å²) in [6.45, 7) is 6.45. The molecule has 5 nitrogen and oxygen atoms in total. The van der Waals surface area contributed by atoms with Gasteiger partial charge in [-0.1, -0.05) is 68.9 Å². The van der Waals surface area contributed by atoms with E-state index in [4.69, 9.17) is 0 Å². The Balaban J connectivity index is 1.70. The molecule has 27 heavy (non-hydrogen) atoms. The van der Waals surface area contributed by atoms with Gasteiger partial charge in [0.15, 0.2) is 16.8 Å². The Hall–Kier alpha value is -2.60. The molecule has 0 aliphatic heterocycles. The van der Waals surface area contributed by atoms with Gasteiger partial charge in [-0.2, -0.15) is 0 Å². The molecule has 0 saturated carbocycles. The van der Waals surface area contributed by atoms with E-state index in [1.54, 1.807) is 22.8 Å². The third kappa shape index (κ3) is 4.22. The van der Waals surface area contributed by atoms with E-state index in [2.05, 4.69) is 31.0 Å². The van der Waals surface area contributed by atoms with E-state index in [9.17, 15) is 9.90 Å². The number of ketones is 1. The average Bonchev–Trinajstić information content (AvgIpc) is 3.00. The highest BCUT2D eigenvalue weighted by Gasteiger charge is 2.17. The van der Waals surface area contributed by atoms with Crippen LogP contribution in [0.15, 0.2) is 53.7 Å². The number of aromatic hydroxyl groups is 1. The summed E-state index contributed by atoms with van der Waals surface area (Å²) >= 11 is 1.34. The number of hydrogen-bond acceptors (Lipinski definition) is 5. The first-order valence-electron chi connectivity index (χ1n) is 8.71. The van der Waals surface area contributed by atoms with E-state index in [-0.39, 0.29) is 22.7 Å². The van der Waals surface area contributed by atoms with Crippen LogP contribution in [-0.2, 0) is 12.5 Å². The van der Waals surface area contributed by atoms with Crippen LogP contribution in [0.3, 0.4) is 0 Å². The van der Waals surface area contributed by atoms with Crippen LogP contribution < -0.4 is 0 Å². The van der Waals surface area contributed by atoms with Crippen molar-refractivity contribution < 1.29 is 9.90 Å². The van der Waals surface area contributed by atoms with Crippen molar-refractivity contribution in [2.45, 2.75) is 31.3 Å². The summed E-state index contributed by atoms with van der Waals surface area (Å²) in [6.07, 6.45) is 0. The van der Waals surface area contributed by atoms with Gasteiger partial charge in [-0.25, -0.2) is 0 Å². The fraction of sp³-hybridized carbons (Fsp3) is 0.286. The topological polar surface area (TPSA) is 68.0 Å². The molecule has 3 rings (SSSR count). The third-order valence-corrected chi connectivity index (χ3v) is 5.41. The van der Waals surface area contributed by atoms with Crippen LogP contribution >= 0.6 is 11.8 Å². The van der Waals surface area contributed by atoms with E-state index in [1.165, 1.54) is 17.3 Å². The van der Waals surface area contributed by atoms with Gasteiger partial charge >= 0.3 is 0 Å².